The van der Waals surface area contributed by atoms with Crippen molar-refractivity contribution >= 4 is 25.3 Å². The molecule has 70 valence electrons. The van der Waals surface area contributed by atoms with Gasteiger partial charge in [-0.1, -0.05) is 0 Å². The van der Waals surface area contributed by atoms with Crippen molar-refractivity contribution < 1.29 is 15.3 Å². The van der Waals surface area contributed by atoms with Crippen molar-refractivity contribution in [3.63, 3.8) is 0 Å². The van der Waals surface area contributed by atoms with Crippen LogP contribution in [0.3, 0.4) is 0 Å². The van der Waals surface area contributed by atoms with E-state index < -0.39 is 12.2 Å². The first-order valence-corrected chi connectivity index (χ1v) is 4.59. The average molecular weight is 200 g/mol. The van der Waals surface area contributed by atoms with E-state index >= 15 is 0 Å². The minimum absolute atomic E-state index is 0.250. The molecule has 0 aliphatic heterocycles. The molecule has 0 radical (unpaired) electrons. The Morgan fingerprint density at radius 3 is 1.36 bits per heavy atom. The zero-order valence-corrected chi connectivity index (χ0v) is 8.30. The number of hydrogen-bond donors (Lipinski definition) is 5. The molecule has 0 aromatic carbocycles. The van der Waals surface area contributed by atoms with E-state index in [1.165, 1.54) is 0 Å². The Hall–Kier alpha value is 0.580. The van der Waals surface area contributed by atoms with E-state index in [1.807, 2.05) is 0 Å². The summed E-state index contributed by atoms with van der Waals surface area (Å²) >= 11 is 7.53. The molecule has 0 fully saturated rings. The second-order valence-electron chi connectivity index (χ2n) is 1.82. The van der Waals surface area contributed by atoms with E-state index in [9.17, 15) is 0 Å². The summed E-state index contributed by atoms with van der Waals surface area (Å²) in [4.78, 5) is 0. The number of hydrogen-bond acceptors (Lipinski definition) is 5. The SMILES string of the molecule is CCO.O[C@H](CS)[C@H](O)CS. The van der Waals surface area contributed by atoms with Gasteiger partial charge in [0.15, 0.2) is 0 Å². The Bertz CT molecular complexity index is 64.8. The van der Waals surface area contributed by atoms with Crippen molar-refractivity contribution in [2.75, 3.05) is 18.1 Å². The third-order valence-electron chi connectivity index (χ3n) is 0.818. The Labute approximate surface area is 78.3 Å². The van der Waals surface area contributed by atoms with E-state index in [0.717, 1.165) is 0 Å². The summed E-state index contributed by atoms with van der Waals surface area (Å²) in [5, 5.41) is 25.1. The molecule has 0 heterocycles. The van der Waals surface area contributed by atoms with E-state index in [0.29, 0.717) is 0 Å². The molecule has 0 aromatic heterocycles. The van der Waals surface area contributed by atoms with Gasteiger partial charge in [-0.05, 0) is 6.92 Å². The quantitative estimate of drug-likeness (QED) is 0.402. The highest BCUT2D eigenvalue weighted by Crippen LogP contribution is 1.96. The fourth-order valence-corrected chi connectivity index (χ4v) is 0.730. The molecule has 0 spiro atoms. The van der Waals surface area contributed by atoms with Gasteiger partial charge in [0.05, 0.1) is 12.2 Å². The molecule has 3 N–H and O–H groups in total. The predicted molar refractivity (Wildman–Crippen MR) is 52.5 cm³/mol. The van der Waals surface area contributed by atoms with Gasteiger partial charge in [0.2, 0.25) is 0 Å². The lowest BCUT2D eigenvalue weighted by atomic mass is 10.3. The van der Waals surface area contributed by atoms with Crippen LogP contribution in [0.15, 0.2) is 0 Å². The lowest BCUT2D eigenvalue weighted by molar-refractivity contribution is 0.0504. The summed E-state index contributed by atoms with van der Waals surface area (Å²) in [6, 6.07) is 0. The van der Waals surface area contributed by atoms with Crippen molar-refractivity contribution in [2.24, 2.45) is 0 Å². The second-order valence-corrected chi connectivity index (χ2v) is 2.55. The molecule has 11 heavy (non-hydrogen) atoms. The van der Waals surface area contributed by atoms with Gasteiger partial charge in [-0.15, -0.1) is 0 Å². The number of rotatable bonds is 3. The minimum atomic E-state index is -0.740. The van der Waals surface area contributed by atoms with Crippen LogP contribution in [-0.4, -0.2) is 45.6 Å². The maximum atomic E-state index is 8.75. The highest BCUT2D eigenvalue weighted by atomic mass is 32.1. The molecule has 5 heteroatoms. The van der Waals surface area contributed by atoms with E-state index in [4.69, 9.17) is 15.3 Å². The smallest absolute Gasteiger partial charge is 0.0894 e. The summed E-state index contributed by atoms with van der Waals surface area (Å²) in [6.07, 6.45) is -1.48. The van der Waals surface area contributed by atoms with Crippen LogP contribution >= 0.6 is 25.3 Å². The lowest BCUT2D eigenvalue weighted by Crippen LogP contribution is -2.28. The van der Waals surface area contributed by atoms with Gasteiger partial charge in [-0.3, -0.25) is 0 Å². The van der Waals surface area contributed by atoms with Gasteiger partial charge in [0.25, 0.3) is 0 Å². The van der Waals surface area contributed by atoms with Gasteiger partial charge in [0, 0.05) is 18.1 Å². The summed E-state index contributed by atoms with van der Waals surface area (Å²) in [5.74, 6) is 0.559. The number of aliphatic hydroxyl groups excluding tert-OH is 3. The fraction of sp³-hybridized carbons (Fsp3) is 1.00. The summed E-state index contributed by atoms with van der Waals surface area (Å²) in [5.41, 5.74) is 0. The fourth-order valence-electron chi connectivity index (χ4n) is 0.243. The topological polar surface area (TPSA) is 60.7 Å². The van der Waals surface area contributed by atoms with Crippen LogP contribution in [-0.2, 0) is 0 Å². The molecule has 0 aromatic rings. The first-order valence-electron chi connectivity index (χ1n) is 3.32. The third-order valence-corrected chi connectivity index (χ3v) is 1.57. The van der Waals surface area contributed by atoms with Crippen LogP contribution in [0.1, 0.15) is 6.92 Å². The molecule has 0 saturated heterocycles. The van der Waals surface area contributed by atoms with Crippen LogP contribution in [0.25, 0.3) is 0 Å². The van der Waals surface area contributed by atoms with Gasteiger partial charge < -0.3 is 15.3 Å². The molecule has 0 bridgehead atoms. The lowest BCUT2D eigenvalue weighted by Gasteiger charge is -2.11. The Balaban J connectivity index is 0. The highest BCUT2D eigenvalue weighted by Gasteiger charge is 2.10. The normalized spacial score (nSPS) is 14.7. The van der Waals surface area contributed by atoms with Crippen molar-refractivity contribution in [1.82, 2.24) is 0 Å². The van der Waals surface area contributed by atoms with Gasteiger partial charge in [-0.25, -0.2) is 0 Å². The molecule has 3 nitrogen and oxygen atoms in total. The number of aliphatic hydroxyl groups is 3. The zero-order chi connectivity index (χ0) is 9.28. The summed E-state index contributed by atoms with van der Waals surface area (Å²) in [7, 11) is 0. The number of thiol groups is 2. The first-order chi connectivity index (χ1) is 5.13. The first kappa shape index (κ1) is 14.1. The van der Waals surface area contributed by atoms with Crippen molar-refractivity contribution in [3.8, 4) is 0 Å². The minimum Gasteiger partial charge on any atom is -0.397 e. The zero-order valence-electron chi connectivity index (χ0n) is 6.51. The molecule has 0 aliphatic rings. The maximum absolute atomic E-state index is 8.75. The molecule has 2 atom stereocenters. The second kappa shape index (κ2) is 10.6. The molecular formula is C6H16O3S2. The molecule has 0 saturated carbocycles. The monoisotopic (exact) mass is 200 g/mol. The summed E-state index contributed by atoms with van der Waals surface area (Å²) in [6.45, 7) is 1.93. The molecule has 0 amide bonds. The largest absolute Gasteiger partial charge is 0.397 e. The summed E-state index contributed by atoms with van der Waals surface area (Å²) < 4.78 is 0. The van der Waals surface area contributed by atoms with Crippen molar-refractivity contribution in [1.29, 1.82) is 0 Å². The Morgan fingerprint density at radius 2 is 1.27 bits per heavy atom. The van der Waals surface area contributed by atoms with Crippen molar-refractivity contribution in [2.45, 2.75) is 19.1 Å². The van der Waals surface area contributed by atoms with Crippen molar-refractivity contribution in [3.05, 3.63) is 0 Å². The third kappa shape index (κ3) is 10.6. The predicted octanol–water partition coefficient (Wildman–Crippen LogP) is -0.434. The maximum Gasteiger partial charge on any atom is 0.0894 e. The van der Waals surface area contributed by atoms with E-state index in [-0.39, 0.29) is 18.1 Å². The van der Waals surface area contributed by atoms with Crippen LogP contribution in [0.4, 0.5) is 0 Å². The molecular weight excluding hydrogens is 184 g/mol. The van der Waals surface area contributed by atoms with Crippen LogP contribution in [0.5, 0.6) is 0 Å². The van der Waals surface area contributed by atoms with Crippen LogP contribution < -0.4 is 0 Å². The standard InChI is InChI=1S/C4H10O2S2.C2H6O/c5-3(1-7)4(6)2-8;1-2-3/h3-8H,1-2H2;3H,2H2,1H3/t3-,4-;/m1./s1. The highest BCUT2D eigenvalue weighted by molar-refractivity contribution is 7.80. The Morgan fingerprint density at radius 1 is 1.09 bits per heavy atom. The van der Waals surface area contributed by atoms with Gasteiger partial charge in [0.1, 0.15) is 0 Å². The van der Waals surface area contributed by atoms with Gasteiger partial charge in [-0.2, -0.15) is 25.3 Å². The Kier molecular flexibility index (Phi) is 13.6. The van der Waals surface area contributed by atoms with Crippen LogP contribution in [0.2, 0.25) is 0 Å². The molecule has 0 aliphatic carbocycles. The molecule has 0 unspecified atom stereocenters. The average Bonchev–Trinajstić information content (AvgIpc) is 2.03. The van der Waals surface area contributed by atoms with Crippen LogP contribution in [0, 0.1) is 0 Å². The van der Waals surface area contributed by atoms with E-state index in [2.05, 4.69) is 25.3 Å². The van der Waals surface area contributed by atoms with Gasteiger partial charge >= 0.3 is 0 Å². The molecule has 0 rings (SSSR count). The van der Waals surface area contributed by atoms with E-state index in [1.54, 1.807) is 6.92 Å².